The first-order valence-corrected chi connectivity index (χ1v) is 5.00. The van der Waals surface area contributed by atoms with Gasteiger partial charge < -0.3 is 9.84 Å². The number of nitrogens with zero attached hydrogens (tertiary/aromatic N) is 2. The Hall–Kier alpha value is -1.03. The first kappa shape index (κ1) is 11.0. The zero-order chi connectivity index (χ0) is 10.4. The second-order valence-corrected chi connectivity index (χ2v) is 3.40. The van der Waals surface area contributed by atoms with E-state index in [9.17, 15) is 5.11 Å². The molecule has 4 heteroatoms. The molecule has 1 aromatic rings. The minimum absolute atomic E-state index is 0.306. The van der Waals surface area contributed by atoms with Crippen LogP contribution in [-0.2, 0) is 6.54 Å². The standard InChI is InChI=1S/C10H18N2O2/c1-3-4-5-9(13)7-12-8-10(14-2)6-11-12/h6,8-9,13H,3-5,7H2,1-2H3. The fourth-order valence-corrected chi connectivity index (χ4v) is 1.30. The Labute approximate surface area is 84.5 Å². The van der Waals surface area contributed by atoms with Crippen molar-refractivity contribution in [1.29, 1.82) is 0 Å². The van der Waals surface area contributed by atoms with Crippen molar-refractivity contribution in [2.24, 2.45) is 0 Å². The Morgan fingerprint density at radius 3 is 3.00 bits per heavy atom. The summed E-state index contributed by atoms with van der Waals surface area (Å²) in [6.45, 7) is 2.66. The number of aliphatic hydroxyl groups is 1. The minimum atomic E-state index is -0.306. The van der Waals surface area contributed by atoms with E-state index in [1.807, 2.05) is 0 Å². The fraction of sp³-hybridized carbons (Fsp3) is 0.700. The molecule has 0 saturated heterocycles. The molecule has 1 rings (SSSR count). The van der Waals surface area contributed by atoms with Gasteiger partial charge in [-0.15, -0.1) is 0 Å². The van der Waals surface area contributed by atoms with Gasteiger partial charge in [-0.2, -0.15) is 5.10 Å². The number of aromatic nitrogens is 2. The van der Waals surface area contributed by atoms with Crippen LogP contribution in [0.1, 0.15) is 26.2 Å². The van der Waals surface area contributed by atoms with E-state index in [-0.39, 0.29) is 6.10 Å². The Balaban J connectivity index is 2.35. The number of hydrogen-bond donors (Lipinski definition) is 1. The van der Waals surface area contributed by atoms with Crippen LogP contribution in [0.4, 0.5) is 0 Å². The number of hydrogen-bond acceptors (Lipinski definition) is 3. The van der Waals surface area contributed by atoms with E-state index in [0.717, 1.165) is 25.0 Å². The van der Waals surface area contributed by atoms with Gasteiger partial charge in [0.1, 0.15) is 0 Å². The van der Waals surface area contributed by atoms with Crippen LogP contribution in [-0.4, -0.2) is 28.1 Å². The van der Waals surface area contributed by atoms with Crippen LogP contribution < -0.4 is 4.74 Å². The molecule has 0 aliphatic heterocycles. The van der Waals surface area contributed by atoms with Gasteiger partial charge in [0.2, 0.25) is 0 Å². The molecule has 0 bridgehead atoms. The van der Waals surface area contributed by atoms with Crippen molar-refractivity contribution in [2.45, 2.75) is 38.8 Å². The van der Waals surface area contributed by atoms with Crippen LogP contribution in [0.3, 0.4) is 0 Å². The molecule has 0 aromatic carbocycles. The highest BCUT2D eigenvalue weighted by molar-refractivity contribution is 5.11. The van der Waals surface area contributed by atoms with Gasteiger partial charge in [0.05, 0.1) is 32.2 Å². The summed E-state index contributed by atoms with van der Waals surface area (Å²) in [6, 6.07) is 0. The first-order chi connectivity index (χ1) is 6.76. The van der Waals surface area contributed by atoms with Crippen LogP contribution in [0, 0.1) is 0 Å². The number of rotatable bonds is 6. The molecule has 0 aliphatic carbocycles. The van der Waals surface area contributed by atoms with Crippen molar-refractivity contribution in [2.75, 3.05) is 7.11 Å². The lowest BCUT2D eigenvalue weighted by Crippen LogP contribution is -2.15. The van der Waals surface area contributed by atoms with Crippen molar-refractivity contribution < 1.29 is 9.84 Å². The van der Waals surface area contributed by atoms with Crippen LogP contribution in [0.15, 0.2) is 12.4 Å². The predicted octanol–water partition coefficient (Wildman–Crippen LogP) is 1.44. The molecule has 0 spiro atoms. The van der Waals surface area contributed by atoms with Crippen LogP contribution in [0.2, 0.25) is 0 Å². The summed E-state index contributed by atoms with van der Waals surface area (Å²) in [5, 5.41) is 13.7. The van der Waals surface area contributed by atoms with E-state index >= 15 is 0 Å². The van der Waals surface area contributed by atoms with E-state index in [0.29, 0.717) is 6.54 Å². The second-order valence-electron chi connectivity index (χ2n) is 3.40. The fourth-order valence-electron chi connectivity index (χ4n) is 1.30. The molecule has 0 radical (unpaired) electrons. The van der Waals surface area contributed by atoms with Gasteiger partial charge >= 0.3 is 0 Å². The van der Waals surface area contributed by atoms with E-state index in [4.69, 9.17) is 4.74 Å². The summed E-state index contributed by atoms with van der Waals surface area (Å²) >= 11 is 0. The van der Waals surface area contributed by atoms with E-state index in [1.165, 1.54) is 0 Å². The Bertz CT molecular complexity index is 260. The highest BCUT2D eigenvalue weighted by atomic mass is 16.5. The van der Waals surface area contributed by atoms with E-state index in [2.05, 4.69) is 12.0 Å². The Morgan fingerprint density at radius 2 is 2.43 bits per heavy atom. The Morgan fingerprint density at radius 1 is 1.64 bits per heavy atom. The van der Waals surface area contributed by atoms with Gasteiger partial charge in [-0.25, -0.2) is 0 Å². The maximum Gasteiger partial charge on any atom is 0.156 e. The summed E-state index contributed by atoms with van der Waals surface area (Å²) in [7, 11) is 1.61. The van der Waals surface area contributed by atoms with Gasteiger partial charge in [0, 0.05) is 0 Å². The van der Waals surface area contributed by atoms with Crippen molar-refractivity contribution in [3.8, 4) is 5.75 Å². The third kappa shape index (κ3) is 3.38. The van der Waals surface area contributed by atoms with Crippen molar-refractivity contribution in [1.82, 2.24) is 9.78 Å². The number of methoxy groups -OCH3 is 1. The number of ether oxygens (including phenoxy) is 1. The Kier molecular flexibility index (Phi) is 4.46. The van der Waals surface area contributed by atoms with Gasteiger partial charge in [-0.3, -0.25) is 4.68 Å². The van der Waals surface area contributed by atoms with Crippen molar-refractivity contribution in [3.63, 3.8) is 0 Å². The molecule has 1 atom stereocenters. The number of unbranched alkanes of at least 4 members (excludes halogenated alkanes) is 1. The average molecular weight is 198 g/mol. The topological polar surface area (TPSA) is 47.3 Å². The zero-order valence-corrected chi connectivity index (χ0v) is 8.81. The third-order valence-corrected chi connectivity index (χ3v) is 2.13. The maximum absolute atomic E-state index is 9.61. The van der Waals surface area contributed by atoms with Crippen molar-refractivity contribution >= 4 is 0 Å². The summed E-state index contributed by atoms with van der Waals surface area (Å²) in [4.78, 5) is 0. The normalized spacial score (nSPS) is 12.8. The molecular formula is C10H18N2O2. The molecular weight excluding hydrogens is 180 g/mol. The molecule has 0 saturated carbocycles. The monoisotopic (exact) mass is 198 g/mol. The van der Waals surface area contributed by atoms with Gasteiger partial charge in [0.15, 0.2) is 5.75 Å². The molecule has 14 heavy (non-hydrogen) atoms. The minimum Gasteiger partial charge on any atom is -0.493 e. The van der Waals surface area contributed by atoms with Crippen molar-refractivity contribution in [3.05, 3.63) is 12.4 Å². The maximum atomic E-state index is 9.61. The van der Waals surface area contributed by atoms with E-state index in [1.54, 1.807) is 24.2 Å². The van der Waals surface area contributed by atoms with Gasteiger partial charge in [0.25, 0.3) is 0 Å². The van der Waals surface area contributed by atoms with Crippen LogP contribution in [0.5, 0.6) is 5.75 Å². The highest BCUT2D eigenvalue weighted by Gasteiger charge is 2.05. The summed E-state index contributed by atoms with van der Waals surface area (Å²) < 4.78 is 6.70. The first-order valence-electron chi connectivity index (χ1n) is 5.00. The lowest BCUT2D eigenvalue weighted by Gasteiger charge is -2.09. The molecule has 1 aromatic heterocycles. The summed E-state index contributed by atoms with van der Waals surface area (Å²) in [5.41, 5.74) is 0. The smallest absolute Gasteiger partial charge is 0.156 e. The van der Waals surface area contributed by atoms with E-state index < -0.39 is 0 Å². The average Bonchev–Trinajstić information content (AvgIpc) is 2.62. The molecule has 80 valence electrons. The van der Waals surface area contributed by atoms with Crippen LogP contribution >= 0.6 is 0 Å². The molecule has 1 N–H and O–H groups in total. The third-order valence-electron chi connectivity index (χ3n) is 2.13. The van der Waals surface area contributed by atoms with Gasteiger partial charge in [-0.1, -0.05) is 19.8 Å². The molecule has 1 heterocycles. The largest absolute Gasteiger partial charge is 0.493 e. The predicted molar refractivity (Wildman–Crippen MR) is 54.3 cm³/mol. The lowest BCUT2D eigenvalue weighted by atomic mass is 10.2. The quantitative estimate of drug-likeness (QED) is 0.752. The SMILES string of the molecule is CCCCC(O)Cn1cc(OC)cn1. The second kappa shape index (κ2) is 5.65. The molecule has 0 amide bonds. The summed E-state index contributed by atoms with van der Waals surface area (Å²) in [5.74, 6) is 0.729. The lowest BCUT2D eigenvalue weighted by molar-refractivity contribution is 0.137. The number of aliphatic hydroxyl groups excluding tert-OH is 1. The molecule has 1 unspecified atom stereocenters. The molecule has 4 nitrogen and oxygen atoms in total. The zero-order valence-electron chi connectivity index (χ0n) is 8.81. The molecule has 0 aliphatic rings. The molecule has 0 fully saturated rings. The van der Waals surface area contributed by atoms with Gasteiger partial charge in [-0.05, 0) is 6.42 Å². The summed E-state index contributed by atoms with van der Waals surface area (Å²) in [6.07, 6.45) is 6.12. The van der Waals surface area contributed by atoms with Crippen LogP contribution in [0.25, 0.3) is 0 Å². The highest BCUT2D eigenvalue weighted by Crippen LogP contribution is 2.08.